The molecular weight excluding hydrogens is 346 g/mol. The summed E-state index contributed by atoms with van der Waals surface area (Å²) in [6, 6.07) is 7.06. The first kappa shape index (κ1) is 17.5. The molecule has 0 N–H and O–H groups in total. The third kappa shape index (κ3) is 3.39. The van der Waals surface area contributed by atoms with Gasteiger partial charge < -0.3 is 19.1 Å². The molecule has 1 aromatic heterocycles. The molecule has 0 aliphatic carbocycles. The standard InChI is InChI=1S/C19H23N5O3/c1-27-15-7-5-14(6-8-15)18(25)23-11-12-24-16(13-23)20-21-17(24)19(26)22-9-3-2-4-10-22/h5-8H,2-4,9-13H2,1H3. The van der Waals surface area contributed by atoms with Crippen molar-refractivity contribution >= 4 is 11.8 Å². The van der Waals surface area contributed by atoms with E-state index in [9.17, 15) is 9.59 Å². The summed E-state index contributed by atoms with van der Waals surface area (Å²) in [6.45, 7) is 2.96. The number of benzene rings is 1. The van der Waals surface area contributed by atoms with Gasteiger partial charge in [0.1, 0.15) is 5.75 Å². The summed E-state index contributed by atoms with van der Waals surface area (Å²) >= 11 is 0. The largest absolute Gasteiger partial charge is 0.497 e. The van der Waals surface area contributed by atoms with Crippen molar-refractivity contribution in [3.63, 3.8) is 0 Å². The molecule has 0 radical (unpaired) electrons. The Balaban J connectivity index is 1.48. The number of carbonyl (C=O) groups excluding carboxylic acids is 2. The van der Waals surface area contributed by atoms with Crippen LogP contribution in [0.5, 0.6) is 5.75 Å². The third-order valence-corrected chi connectivity index (χ3v) is 5.21. The number of fused-ring (bicyclic) bond motifs is 1. The number of ether oxygens (including phenoxy) is 1. The highest BCUT2D eigenvalue weighted by atomic mass is 16.5. The predicted molar refractivity (Wildman–Crippen MR) is 97.5 cm³/mol. The predicted octanol–water partition coefficient (Wildman–Crippen LogP) is 1.57. The third-order valence-electron chi connectivity index (χ3n) is 5.21. The fraction of sp³-hybridized carbons (Fsp3) is 0.474. The Labute approximate surface area is 157 Å². The lowest BCUT2D eigenvalue weighted by molar-refractivity contribution is 0.0685. The van der Waals surface area contributed by atoms with Gasteiger partial charge in [-0.25, -0.2) is 0 Å². The van der Waals surface area contributed by atoms with E-state index in [1.807, 2.05) is 9.47 Å². The zero-order valence-corrected chi connectivity index (χ0v) is 15.4. The van der Waals surface area contributed by atoms with E-state index in [1.54, 1.807) is 36.3 Å². The topological polar surface area (TPSA) is 80.6 Å². The lowest BCUT2D eigenvalue weighted by Gasteiger charge is -2.29. The Bertz CT molecular complexity index is 840. The Morgan fingerprint density at radius 2 is 1.63 bits per heavy atom. The minimum atomic E-state index is -0.0594. The molecule has 142 valence electrons. The fourth-order valence-electron chi connectivity index (χ4n) is 3.64. The van der Waals surface area contributed by atoms with E-state index in [4.69, 9.17) is 4.74 Å². The number of piperidine rings is 1. The van der Waals surface area contributed by atoms with Crippen LogP contribution in [0.4, 0.5) is 0 Å². The van der Waals surface area contributed by atoms with Gasteiger partial charge in [-0.3, -0.25) is 9.59 Å². The first-order valence-corrected chi connectivity index (χ1v) is 9.32. The van der Waals surface area contributed by atoms with Crippen LogP contribution in [0.3, 0.4) is 0 Å². The van der Waals surface area contributed by atoms with Gasteiger partial charge in [-0.05, 0) is 43.5 Å². The molecule has 8 nitrogen and oxygen atoms in total. The highest BCUT2D eigenvalue weighted by Gasteiger charge is 2.29. The maximum atomic E-state index is 12.7. The molecule has 8 heteroatoms. The minimum absolute atomic E-state index is 0.0524. The van der Waals surface area contributed by atoms with Crippen molar-refractivity contribution in [2.45, 2.75) is 32.4 Å². The van der Waals surface area contributed by atoms with Crippen LogP contribution in [0.1, 0.15) is 46.1 Å². The molecule has 0 saturated carbocycles. The van der Waals surface area contributed by atoms with Gasteiger partial charge in [0.25, 0.3) is 11.8 Å². The van der Waals surface area contributed by atoms with E-state index < -0.39 is 0 Å². The molecule has 1 fully saturated rings. The molecule has 27 heavy (non-hydrogen) atoms. The molecule has 2 aliphatic rings. The summed E-state index contributed by atoms with van der Waals surface area (Å²) in [5, 5.41) is 8.31. The van der Waals surface area contributed by atoms with Crippen LogP contribution in [0.15, 0.2) is 24.3 Å². The minimum Gasteiger partial charge on any atom is -0.497 e. The van der Waals surface area contributed by atoms with Crippen LogP contribution in [-0.2, 0) is 13.1 Å². The van der Waals surface area contributed by atoms with Crippen molar-refractivity contribution in [1.29, 1.82) is 0 Å². The second kappa shape index (κ2) is 7.38. The summed E-state index contributed by atoms with van der Waals surface area (Å²) in [5.41, 5.74) is 0.605. The van der Waals surface area contributed by atoms with Gasteiger partial charge in [0.2, 0.25) is 5.82 Å². The molecule has 3 heterocycles. The number of rotatable bonds is 3. The molecule has 1 saturated heterocycles. The monoisotopic (exact) mass is 369 g/mol. The van der Waals surface area contributed by atoms with Gasteiger partial charge >= 0.3 is 0 Å². The van der Waals surface area contributed by atoms with E-state index >= 15 is 0 Å². The zero-order valence-electron chi connectivity index (χ0n) is 15.4. The van der Waals surface area contributed by atoms with E-state index in [1.165, 1.54) is 6.42 Å². The smallest absolute Gasteiger partial charge is 0.291 e. The molecule has 0 atom stereocenters. The number of likely N-dealkylation sites (tertiary alicyclic amines) is 1. The summed E-state index contributed by atoms with van der Waals surface area (Å²) in [7, 11) is 1.59. The van der Waals surface area contributed by atoms with Crippen molar-refractivity contribution in [1.82, 2.24) is 24.6 Å². The van der Waals surface area contributed by atoms with Gasteiger partial charge in [-0.1, -0.05) is 0 Å². The van der Waals surface area contributed by atoms with Crippen LogP contribution < -0.4 is 4.74 Å². The van der Waals surface area contributed by atoms with E-state index in [-0.39, 0.29) is 11.8 Å². The second-order valence-corrected chi connectivity index (χ2v) is 6.90. The fourth-order valence-corrected chi connectivity index (χ4v) is 3.64. The lowest BCUT2D eigenvalue weighted by atomic mass is 10.1. The average Bonchev–Trinajstić information content (AvgIpc) is 3.16. The van der Waals surface area contributed by atoms with Gasteiger partial charge in [0.05, 0.1) is 13.7 Å². The van der Waals surface area contributed by atoms with Gasteiger partial charge in [-0.15, -0.1) is 10.2 Å². The normalized spacial score (nSPS) is 16.8. The lowest BCUT2D eigenvalue weighted by Crippen LogP contribution is -2.41. The first-order valence-electron chi connectivity index (χ1n) is 9.32. The van der Waals surface area contributed by atoms with Crippen LogP contribution in [-0.4, -0.2) is 63.1 Å². The van der Waals surface area contributed by atoms with Crippen molar-refractivity contribution in [3.05, 3.63) is 41.5 Å². The number of amides is 2. The molecule has 4 rings (SSSR count). The van der Waals surface area contributed by atoms with Crippen LogP contribution >= 0.6 is 0 Å². The maximum Gasteiger partial charge on any atom is 0.291 e. The average molecular weight is 369 g/mol. The highest BCUT2D eigenvalue weighted by Crippen LogP contribution is 2.19. The van der Waals surface area contributed by atoms with Crippen LogP contribution in [0, 0.1) is 0 Å². The molecule has 0 bridgehead atoms. The summed E-state index contributed by atoms with van der Waals surface area (Å²) in [5.74, 6) is 1.65. The maximum absolute atomic E-state index is 12.7. The summed E-state index contributed by atoms with van der Waals surface area (Å²) < 4.78 is 6.99. The van der Waals surface area contributed by atoms with Crippen molar-refractivity contribution < 1.29 is 14.3 Å². The van der Waals surface area contributed by atoms with E-state index in [2.05, 4.69) is 10.2 Å². The Morgan fingerprint density at radius 3 is 2.33 bits per heavy atom. The van der Waals surface area contributed by atoms with Gasteiger partial charge in [0.15, 0.2) is 5.82 Å². The van der Waals surface area contributed by atoms with E-state index in [0.29, 0.717) is 42.6 Å². The van der Waals surface area contributed by atoms with Crippen molar-refractivity contribution in [2.75, 3.05) is 26.7 Å². The molecule has 2 aromatic rings. The number of hydrogen-bond donors (Lipinski definition) is 0. The zero-order chi connectivity index (χ0) is 18.8. The Morgan fingerprint density at radius 1 is 0.889 bits per heavy atom. The van der Waals surface area contributed by atoms with Crippen molar-refractivity contribution in [3.8, 4) is 5.75 Å². The van der Waals surface area contributed by atoms with Gasteiger partial charge in [-0.2, -0.15) is 0 Å². The summed E-state index contributed by atoms with van der Waals surface area (Å²) in [4.78, 5) is 29.1. The molecule has 2 amide bonds. The van der Waals surface area contributed by atoms with Crippen molar-refractivity contribution in [2.24, 2.45) is 0 Å². The van der Waals surface area contributed by atoms with E-state index in [0.717, 1.165) is 25.9 Å². The molecule has 0 spiro atoms. The van der Waals surface area contributed by atoms with Gasteiger partial charge in [0, 0.05) is 31.7 Å². The summed E-state index contributed by atoms with van der Waals surface area (Å²) in [6.07, 6.45) is 3.25. The van der Waals surface area contributed by atoms with Crippen LogP contribution in [0.2, 0.25) is 0 Å². The first-order chi connectivity index (χ1) is 13.2. The SMILES string of the molecule is COc1ccc(C(=O)N2CCn3c(nnc3C(=O)N3CCCCC3)C2)cc1. The van der Waals surface area contributed by atoms with Crippen LogP contribution in [0.25, 0.3) is 0 Å². The molecule has 0 unspecified atom stereocenters. The number of hydrogen-bond acceptors (Lipinski definition) is 5. The molecule has 2 aliphatic heterocycles. The molecule has 1 aromatic carbocycles. The number of aromatic nitrogens is 3. The molecular formula is C19H23N5O3. The number of nitrogens with zero attached hydrogens (tertiary/aromatic N) is 5. The Kier molecular flexibility index (Phi) is 4.79. The quantitative estimate of drug-likeness (QED) is 0.820. The highest BCUT2D eigenvalue weighted by molar-refractivity contribution is 5.94. The Hall–Kier alpha value is -2.90. The number of methoxy groups -OCH3 is 1. The number of carbonyl (C=O) groups is 2. The second-order valence-electron chi connectivity index (χ2n) is 6.90.